The van der Waals surface area contributed by atoms with Gasteiger partial charge >= 0.3 is 0 Å². The average Bonchev–Trinajstić information content (AvgIpc) is 3.22. The van der Waals surface area contributed by atoms with E-state index in [9.17, 15) is 4.79 Å². The Bertz CT molecular complexity index is 966. The second-order valence-corrected chi connectivity index (χ2v) is 6.02. The van der Waals surface area contributed by atoms with E-state index in [1.165, 1.54) is 6.33 Å². The number of aromatic nitrogens is 4. The molecule has 138 valence electrons. The Kier molecular flexibility index (Phi) is 5.55. The molecule has 1 amide bonds. The maximum Gasteiger partial charge on any atom is 0.277 e. The Balaban J connectivity index is 1.61. The highest BCUT2D eigenvalue weighted by atomic mass is 16.5. The van der Waals surface area contributed by atoms with Crippen molar-refractivity contribution in [3.05, 3.63) is 65.5 Å². The summed E-state index contributed by atoms with van der Waals surface area (Å²) in [4.78, 5) is 12.0. The number of benzene rings is 2. The standard InChI is InChI=1S/C19H20N6O2/c1-13-6-4-9-18(14(13)2)27-11-19(26)22-21-15(3)16-7-5-8-17(10-16)25-12-20-23-24-25/h4-10,12H,11H2,1-3H3,(H,22,26). The first-order valence-corrected chi connectivity index (χ1v) is 8.40. The number of carbonyl (C=O) groups is 1. The zero-order valence-corrected chi connectivity index (χ0v) is 15.4. The van der Waals surface area contributed by atoms with Crippen LogP contribution >= 0.6 is 0 Å². The van der Waals surface area contributed by atoms with Crippen LogP contribution in [0, 0.1) is 13.8 Å². The van der Waals surface area contributed by atoms with Crippen molar-refractivity contribution in [3.63, 3.8) is 0 Å². The van der Waals surface area contributed by atoms with Crippen LogP contribution in [0.25, 0.3) is 5.69 Å². The summed E-state index contributed by atoms with van der Waals surface area (Å²) in [7, 11) is 0. The topological polar surface area (TPSA) is 94.3 Å². The number of hydrogen-bond acceptors (Lipinski definition) is 6. The van der Waals surface area contributed by atoms with Crippen molar-refractivity contribution in [3.8, 4) is 11.4 Å². The molecule has 8 nitrogen and oxygen atoms in total. The maximum absolute atomic E-state index is 12.0. The van der Waals surface area contributed by atoms with Gasteiger partial charge in [0.2, 0.25) is 0 Å². The van der Waals surface area contributed by atoms with Gasteiger partial charge in [0.1, 0.15) is 12.1 Å². The Morgan fingerprint density at radius 2 is 2.04 bits per heavy atom. The fourth-order valence-corrected chi connectivity index (χ4v) is 2.42. The van der Waals surface area contributed by atoms with Gasteiger partial charge < -0.3 is 4.74 Å². The number of ether oxygens (including phenoxy) is 1. The molecule has 0 saturated carbocycles. The Labute approximate surface area is 156 Å². The highest BCUT2D eigenvalue weighted by Crippen LogP contribution is 2.20. The Morgan fingerprint density at radius 3 is 2.81 bits per heavy atom. The number of hydrazone groups is 1. The fourth-order valence-electron chi connectivity index (χ4n) is 2.42. The van der Waals surface area contributed by atoms with E-state index in [1.807, 2.05) is 63.2 Å². The number of nitrogens with one attached hydrogen (secondary N) is 1. The first-order chi connectivity index (χ1) is 13.0. The minimum Gasteiger partial charge on any atom is -0.483 e. The smallest absolute Gasteiger partial charge is 0.277 e. The van der Waals surface area contributed by atoms with E-state index in [-0.39, 0.29) is 12.5 Å². The van der Waals surface area contributed by atoms with Gasteiger partial charge in [0.25, 0.3) is 5.91 Å². The second-order valence-electron chi connectivity index (χ2n) is 6.02. The molecule has 0 fully saturated rings. The highest BCUT2D eigenvalue weighted by molar-refractivity contribution is 5.99. The van der Waals surface area contributed by atoms with Gasteiger partial charge in [-0.3, -0.25) is 4.79 Å². The monoisotopic (exact) mass is 364 g/mol. The van der Waals surface area contributed by atoms with Crippen molar-refractivity contribution in [2.24, 2.45) is 5.10 Å². The van der Waals surface area contributed by atoms with E-state index in [1.54, 1.807) is 4.68 Å². The number of amides is 1. The predicted octanol–water partition coefficient (Wildman–Crippen LogP) is 2.20. The van der Waals surface area contributed by atoms with E-state index in [0.717, 1.165) is 22.4 Å². The molecule has 0 unspecified atom stereocenters. The summed E-state index contributed by atoms with van der Waals surface area (Å²) in [5.41, 5.74) is 6.96. The van der Waals surface area contributed by atoms with Crippen molar-refractivity contribution in [2.75, 3.05) is 6.61 Å². The molecule has 0 atom stereocenters. The van der Waals surface area contributed by atoms with E-state index >= 15 is 0 Å². The minimum atomic E-state index is -0.327. The molecular formula is C19H20N6O2. The molecule has 27 heavy (non-hydrogen) atoms. The van der Waals surface area contributed by atoms with E-state index < -0.39 is 0 Å². The van der Waals surface area contributed by atoms with E-state index in [2.05, 4.69) is 26.1 Å². The quantitative estimate of drug-likeness (QED) is 0.534. The molecule has 3 rings (SSSR count). The molecule has 0 aliphatic rings. The van der Waals surface area contributed by atoms with Crippen LogP contribution in [0.1, 0.15) is 23.6 Å². The molecule has 8 heteroatoms. The summed E-state index contributed by atoms with van der Waals surface area (Å²) in [6, 6.07) is 13.3. The third-order valence-corrected chi connectivity index (χ3v) is 4.14. The van der Waals surface area contributed by atoms with Crippen LogP contribution in [0.3, 0.4) is 0 Å². The number of aryl methyl sites for hydroxylation is 1. The van der Waals surface area contributed by atoms with Crippen molar-refractivity contribution in [2.45, 2.75) is 20.8 Å². The maximum atomic E-state index is 12.0. The van der Waals surface area contributed by atoms with Crippen LogP contribution < -0.4 is 10.2 Å². The summed E-state index contributed by atoms with van der Waals surface area (Å²) in [5, 5.41) is 15.2. The predicted molar refractivity (Wildman–Crippen MR) is 101 cm³/mol. The molecule has 0 spiro atoms. The SMILES string of the molecule is CC(=NNC(=O)COc1cccc(C)c1C)c1cccc(-n2cnnn2)c1. The molecule has 0 saturated heterocycles. The first kappa shape index (κ1) is 18.2. The normalized spacial score (nSPS) is 11.3. The number of rotatable bonds is 6. The molecule has 0 bridgehead atoms. The van der Waals surface area contributed by atoms with Crippen molar-refractivity contribution >= 4 is 11.6 Å². The number of nitrogens with zero attached hydrogens (tertiary/aromatic N) is 5. The Hall–Kier alpha value is -3.55. The van der Waals surface area contributed by atoms with Gasteiger partial charge in [0.15, 0.2) is 6.61 Å². The fraction of sp³-hybridized carbons (Fsp3) is 0.211. The molecule has 1 heterocycles. The lowest BCUT2D eigenvalue weighted by atomic mass is 10.1. The molecule has 1 N–H and O–H groups in total. The van der Waals surface area contributed by atoms with Crippen molar-refractivity contribution in [1.82, 2.24) is 25.6 Å². The molecule has 2 aromatic carbocycles. The summed E-state index contributed by atoms with van der Waals surface area (Å²) < 4.78 is 7.13. The highest BCUT2D eigenvalue weighted by Gasteiger charge is 2.07. The zero-order valence-electron chi connectivity index (χ0n) is 15.4. The number of carbonyl (C=O) groups excluding carboxylic acids is 1. The van der Waals surface area contributed by atoms with Gasteiger partial charge in [0.05, 0.1) is 11.4 Å². The summed E-state index contributed by atoms with van der Waals surface area (Å²) in [6.07, 6.45) is 1.51. The van der Waals surface area contributed by atoms with E-state index in [4.69, 9.17) is 4.74 Å². The van der Waals surface area contributed by atoms with Crippen LogP contribution in [0.15, 0.2) is 53.9 Å². The molecule has 1 aromatic heterocycles. The average molecular weight is 364 g/mol. The van der Waals surface area contributed by atoms with Crippen molar-refractivity contribution in [1.29, 1.82) is 0 Å². The van der Waals surface area contributed by atoms with Gasteiger partial charge in [-0.1, -0.05) is 24.3 Å². The van der Waals surface area contributed by atoms with Crippen LogP contribution in [-0.2, 0) is 4.79 Å². The lowest BCUT2D eigenvalue weighted by molar-refractivity contribution is -0.123. The molecule has 0 radical (unpaired) electrons. The molecular weight excluding hydrogens is 344 g/mol. The second kappa shape index (κ2) is 8.22. The van der Waals surface area contributed by atoms with Gasteiger partial charge in [-0.25, -0.2) is 10.1 Å². The summed E-state index contributed by atoms with van der Waals surface area (Å²) >= 11 is 0. The van der Waals surface area contributed by atoms with Gasteiger partial charge in [0, 0.05) is 0 Å². The van der Waals surface area contributed by atoms with Gasteiger partial charge in [-0.2, -0.15) is 5.10 Å². The van der Waals surface area contributed by atoms with Crippen molar-refractivity contribution < 1.29 is 9.53 Å². The number of tetrazole rings is 1. The third-order valence-electron chi connectivity index (χ3n) is 4.14. The van der Waals surface area contributed by atoms with Gasteiger partial charge in [-0.05, 0) is 66.1 Å². The summed E-state index contributed by atoms with van der Waals surface area (Å²) in [6.45, 7) is 5.66. The molecule has 3 aromatic rings. The number of hydrogen-bond donors (Lipinski definition) is 1. The lowest BCUT2D eigenvalue weighted by Gasteiger charge is -2.10. The van der Waals surface area contributed by atoms with Gasteiger partial charge in [-0.15, -0.1) is 5.10 Å². The minimum absolute atomic E-state index is 0.105. The third kappa shape index (κ3) is 4.55. The van der Waals surface area contributed by atoms with Crippen LogP contribution in [-0.4, -0.2) is 38.4 Å². The lowest BCUT2D eigenvalue weighted by Crippen LogP contribution is -2.25. The largest absolute Gasteiger partial charge is 0.483 e. The van der Waals surface area contributed by atoms with E-state index in [0.29, 0.717) is 11.5 Å². The molecule has 0 aliphatic heterocycles. The first-order valence-electron chi connectivity index (χ1n) is 8.40. The summed E-state index contributed by atoms with van der Waals surface area (Å²) in [5.74, 6) is 0.367. The Morgan fingerprint density at radius 1 is 1.22 bits per heavy atom. The van der Waals surface area contributed by atoms with Crippen LogP contribution in [0.2, 0.25) is 0 Å². The van der Waals surface area contributed by atoms with Crippen LogP contribution in [0.5, 0.6) is 5.75 Å². The molecule has 0 aliphatic carbocycles. The van der Waals surface area contributed by atoms with Crippen LogP contribution in [0.4, 0.5) is 0 Å². The zero-order chi connectivity index (χ0) is 19.2.